The zero-order valence-electron chi connectivity index (χ0n) is 22.6. The number of benzene rings is 2. The minimum absolute atomic E-state index is 0.0186. The second-order valence-electron chi connectivity index (χ2n) is 9.40. The van der Waals surface area contributed by atoms with E-state index in [0.717, 1.165) is 5.56 Å². The second kappa shape index (κ2) is 12.2. The Kier molecular flexibility index (Phi) is 8.29. The summed E-state index contributed by atoms with van der Waals surface area (Å²) in [5.74, 6) is -1.19. The molecule has 4 N–H and O–H groups in total. The van der Waals surface area contributed by atoms with Crippen molar-refractivity contribution in [1.29, 1.82) is 0 Å². The number of fused-ring (bicyclic) bond motifs is 4. The lowest BCUT2D eigenvalue weighted by Crippen LogP contribution is -2.33. The molecule has 14 heteroatoms. The first kappa shape index (κ1) is 28.5. The Hall–Kier alpha value is -5.04. The molecule has 216 valence electrons. The van der Waals surface area contributed by atoms with Crippen molar-refractivity contribution in [3.63, 3.8) is 0 Å². The summed E-state index contributed by atoms with van der Waals surface area (Å²) in [7, 11) is 1.25. The number of nitrogens with zero attached hydrogens (tertiary/aromatic N) is 4. The van der Waals surface area contributed by atoms with Crippen LogP contribution in [0.1, 0.15) is 40.8 Å². The smallest absolute Gasteiger partial charge is 0.411 e. The average molecular weight is 593 g/mol. The molecule has 1 atom stereocenters. The van der Waals surface area contributed by atoms with Gasteiger partial charge >= 0.3 is 12.1 Å². The fourth-order valence-electron chi connectivity index (χ4n) is 4.57. The molecule has 2 bridgehead atoms. The van der Waals surface area contributed by atoms with Crippen molar-refractivity contribution >= 4 is 41.0 Å². The fraction of sp³-hybridized carbons (Fsp3) is 0.214. The van der Waals surface area contributed by atoms with Crippen LogP contribution in [0.2, 0.25) is 5.02 Å². The zero-order chi connectivity index (χ0) is 29.8. The van der Waals surface area contributed by atoms with E-state index >= 15 is 0 Å². The largest absolute Gasteiger partial charge is 0.453 e. The van der Waals surface area contributed by atoms with E-state index in [2.05, 4.69) is 41.3 Å². The molecule has 0 saturated heterocycles. The van der Waals surface area contributed by atoms with Crippen molar-refractivity contribution in [2.24, 2.45) is 0 Å². The summed E-state index contributed by atoms with van der Waals surface area (Å²) in [4.78, 5) is 42.3. The van der Waals surface area contributed by atoms with Crippen LogP contribution in [0.15, 0.2) is 54.7 Å². The molecule has 2 aromatic heterocycles. The lowest BCUT2D eigenvalue weighted by Gasteiger charge is -2.21. The zero-order valence-corrected chi connectivity index (χ0v) is 23.3. The predicted octanol–water partition coefficient (Wildman–Crippen LogP) is 4.99. The summed E-state index contributed by atoms with van der Waals surface area (Å²) in [6, 6.07) is 12.1. The van der Waals surface area contributed by atoms with Crippen LogP contribution in [0.4, 0.5) is 25.4 Å². The maximum Gasteiger partial charge on any atom is 0.411 e. The van der Waals surface area contributed by atoms with Crippen molar-refractivity contribution < 1.29 is 23.5 Å². The van der Waals surface area contributed by atoms with E-state index in [1.54, 1.807) is 43.5 Å². The van der Waals surface area contributed by atoms with Crippen LogP contribution in [0.3, 0.4) is 0 Å². The molecule has 0 spiro atoms. The Morgan fingerprint density at radius 2 is 2.02 bits per heavy atom. The minimum Gasteiger partial charge on any atom is -0.453 e. The number of hydrogen-bond acceptors (Lipinski definition) is 7. The maximum absolute atomic E-state index is 14.6. The first-order valence-electron chi connectivity index (χ1n) is 12.9. The molecule has 42 heavy (non-hydrogen) atoms. The molecule has 4 amide bonds. The highest BCUT2D eigenvalue weighted by atomic mass is 35.5. The summed E-state index contributed by atoms with van der Waals surface area (Å²) in [5.41, 5.74) is 3.25. The van der Waals surface area contributed by atoms with E-state index in [9.17, 15) is 18.8 Å². The van der Waals surface area contributed by atoms with Crippen molar-refractivity contribution in [2.45, 2.75) is 25.8 Å². The third kappa shape index (κ3) is 6.00. The van der Waals surface area contributed by atoms with Gasteiger partial charge < -0.3 is 20.7 Å². The Morgan fingerprint density at radius 1 is 1.19 bits per heavy atom. The molecule has 0 saturated carbocycles. The molecule has 0 radical (unpaired) electrons. The summed E-state index contributed by atoms with van der Waals surface area (Å²) in [6.07, 6.45) is 1.93. The molecule has 12 nitrogen and oxygen atoms in total. The Bertz CT molecular complexity index is 1680. The third-order valence-corrected chi connectivity index (χ3v) is 6.97. The highest BCUT2D eigenvalue weighted by Crippen LogP contribution is 2.33. The van der Waals surface area contributed by atoms with E-state index in [1.165, 1.54) is 23.9 Å². The van der Waals surface area contributed by atoms with Crippen LogP contribution in [0.25, 0.3) is 16.8 Å². The number of anilines is 2. The van der Waals surface area contributed by atoms with Crippen LogP contribution in [0.5, 0.6) is 0 Å². The lowest BCUT2D eigenvalue weighted by molar-refractivity contribution is 0.0927. The van der Waals surface area contributed by atoms with Gasteiger partial charge in [0, 0.05) is 24.0 Å². The first-order chi connectivity index (χ1) is 20.2. The highest BCUT2D eigenvalue weighted by molar-refractivity contribution is 6.30. The molecule has 1 unspecified atom stereocenters. The number of halogens is 2. The highest BCUT2D eigenvalue weighted by Gasteiger charge is 2.24. The number of aromatic nitrogens is 4. The maximum atomic E-state index is 14.6. The van der Waals surface area contributed by atoms with E-state index in [0.29, 0.717) is 47.7 Å². The summed E-state index contributed by atoms with van der Waals surface area (Å²) < 4.78 is 20.5. The van der Waals surface area contributed by atoms with Gasteiger partial charge in [-0.15, -0.1) is 5.10 Å². The molecule has 4 aromatic rings. The van der Waals surface area contributed by atoms with Gasteiger partial charge in [-0.1, -0.05) is 28.9 Å². The number of pyridine rings is 1. The van der Waals surface area contributed by atoms with Crippen LogP contribution >= 0.6 is 11.6 Å². The standard InChI is InChI=1S/C28H26ClFN8O4/c1-15-25(36-37-38(15)23-7-3-5-19(29)24(23)30)26(39)34-20-6-4-11-32-27(40)35-21-14-17(33-28(41)42-2)8-9-18(21)16-10-12-31-22(20)13-16/h3,5,7-10,12-14,20H,4,6,11H2,1-2H3,(H,33,41)(H,34,39)(H2,32,35,40). The molecular formula is C28H26ClFN8O4. The van der Waals surface area contributed by atoms with E-state index in [-0.39, 0.29) is 16.4 Å². The number of amides is 4. The summed E-state index contributed by atoms with van der Waals surface area (Å²) in [6.45, 7) is 1.93. The molecule has 1 aliphatic rings. The normalized spacial score (nSPS) is 14.8. The quantitative estimate of drug-likeness (QED) is 0.260. The van der Waals surface area contributed by atoms with Gasteiger partial charge in [-0.25, -0.2) is 18.7 Å². The number of carbonyl (C=O) groups is 3. The van der Waals surface area contributed by atoms with E-state index in [1.807, 2.05) is 6.07 Å². The second-order valence-corrected chi connectivity index (χ2v) is 9.81. The van der Waals surface area contributed by atoms with Crippen molar-refractivity contribution in [1.82, 2.24) is 30.6 Å². The summed E-state index contributed by atoms with van der Waals surface area (Å²) >= 11 is 5.92. The van der Waals surface area contributed by atoms with Gasteiger partial charge in [0.2, 0.25) is 0 Å². The number of methoxy groups -OCH3 is 1. The monoisotopic (exact) mass is 592 g/mol. The van der Waals surface area contributed by atoms with Gasteiger partial charge in [-0.3, -0.25) is 15.1 Å². The van der Waals surface area contributed by atoms with Gasteiger partial charge in [-0.2, -0.15) is 0 Å². The SMILES string of the molecule is COC(=O)Nc1ccc2c(c1)NC(=O)NCCCC(NC(=O)c1nnn(-c3cccc(Cl)c3F)c1C)c1cc-2ccn1. The molecule has 0 fully saturated rings. The van der Waals surface area contributed by atoms with Gasteiger partial charge in [0.05, 0.1) is 35.2 Å². The lowest BCUT2D eigenvalue weighted by atomic mass is 9.99. The molecule has 1 aliphatic heterocycles. The molecule has 2 aromatic carbocycles. The van der Waals surface area contributed by atoms with Gasteiger partial charge in [0.15, 0.2) is 11.5 Å². The number of urea groups is 1. The number of nitrogens with one attached hydrogen (secondary N) is 4. The Balaban J connectivity index is 1.46. The first-order valence-corrected chi connectivity index (χ1v) is 13.3. The predicted molar refractivity (Wildman–Crippen MR) is 153 cm³/mol. The minimum atomic E-state index is -0.676. The van der Waals surface area contributed by atoms with Crippen LogP contribution in [0, 0.1) is 12.7 Å². The average Bonchev–Trinajstić information content (AvgIpc) is 3.36. The van der Waals surface area contributed by atoms with Crippen LogP contribution in [-0.4, -0.2) is 51.7 Å². The van der Waals surface area contributed by atoms with Crippen molar-refractivity contribution in [3.8, 4) is 16.8 Å². The number of ether oxygens (including phenoxy) is 1. The molecule has 5 rings (SSSR count). The summed E-state index contributed by atoms with van der Waals surface area (Å²) in [5, 5.41) is 19.1. The fourth-order valence-corrected chi connectivity index (χ4v) is 4.74. The number of hydrogen-bond donors (Lipinski definition) is 4. The molecule has 3 heterocycles. The van der Waals surface area contributed by atoms with Gasteiger partial charge in [-0.05, 0) is 61.7 Å². The number of carbonyl (C=O) groups excluding carboxylic acids is 3. The van der Waals surface area contributed by atoms with Crippen molar-refractivity contribution in [2.75, 3.05) is 24.3 Å². The van der Waals surface area contributed by atoms with Crippen LogP contribution in [-0.2, 0) is 4.74 Å². The Morgan fingerprint density at radius 3 is 2.83 bits per heavy atom. The third-order valence-electron chi connectivity index (χ3n) is 6.68. The van der Waals surface area contributed by atoms with Crippen LogP contribution < -0.4 is 21.3 Å². The van der Waals surface area contributed by atoms with Crippen molar-refractivity contribution in [3.05, 3.63) is 82.6 Å². The molecule has 0 aliphatic carbocycles. The van der Waals surface area contributed by atoms with E-state index < -0.39 is 29.9 Å². The van der Waals surface area contributed by atoms with Gasteiger partial charge in [0.1, 0.15) is 5.69 Å². The molecular weight excluding hydrogens is 567 g/mol. The Labute approximate surface area is 244 Å². The van der Waals surface area contributed by atoms with E-state index in [4.69, 9.17) is 11.6 Å². The van der Waals surface area contributed by atoms with Gasteiger partial charge in [0.25, 0.3) is 5.91 Å². The number of rotatable bonds is 4. The topological polar surface area (TPSA) is 152 Å².